The fourth-order valence-electron chi connectivity index (χ4n) is 4.13. The van der Waals surface area contributed by atoms with Crippen molar-refractivity contribution in [3.8, 4) is 16.9 Å². The number of rotatable bonds is 14. The number of carboxylic acids is 1. The van der Waals surface area contributed by atoms with Gasteiger partial charge in [0.15, 0.2) is 0 Å². The van der Waals surface area contributed by atoms with Crippen molar-refractivity contribution in [2.75, 3.05) is 13.2 Å². The number of hydrogen-bond acceptors (Lipinski definition) is 5. The summed E-state index contributed by atoms with van der Waals surface area (Å²) < 4.78 is 15.2. The van der Waals surface area contributed by atoms with Gasteiger partial charge in [0.2, 0.25) is 0 Å². The van der Waals surface area contributed by atoms with E-state index >= 15 is 0 Å². The first-order chi connectivity index (χ1) is 19.5. The van der Waals surface area contributed by atoms with E-state index < -0.39 is 12.5 Å². The number of ether oxygens (including phenoxy) is 1. The number of nitrogens with zero attached hydrogens (tertiary/aromatic N) is 3. The van der Waals surface area contributed by atoms with E-state index in [2.05, 4.69) is 9.97 Å². The van der Waals surface area contributed by atoms with Crippen molar-refractivity contribution in [1.29, 1.82) is 0 Å². The number of aromatic nitrogens is 2. The first-order valence-electron chi connectivity index (χ1n) is 13.7. The molecule has 39 heavy (non-hydrogen) atoms. The van der Waals surface area contributed by atoms with Gasteiger partial charge in [0.25, 0.3) is 5.91 Å². The van der Waals surface area contributed by atoms with Gasteiger partial charge in [-0.1, -0.05) is 42.5 Å². The molecule has 7 heteroatoms. The minimum atomic E-state index is -1.00. The second-order valence-electron chi connectivity index (χ2n) is 9.11. The van der Waals surface area contributed by atoms with Crippen LogP contribution >= 0.6 is 0 Å². The minimum absolute atomic E-state index is 0.141. The number of unbranched alkanes of at least 4 members (excludes halogenated alkanes) is 2. The quantitative estimate of drug-likeness (QED) is 0.202. The van der Waals surface area contributed by atoms with Crippen LogP contribution in [0.4, 0.5) is 0 Å². The van der Waals surface area contributed by atoms with E-state index in [1.807, 2.05) is 60.7 Å². The molecule has 0 aliphatic carbocycles. The summed E-state index contributed by atoms with van der Waals surface area (Å²) in [6, 6.07) is 24.1. The van der Waals surface area contributed by atoms with E-state index in [9.17, 15) is 9.59 Å². The monoisotopic (exact) mass is 524 g/mol. The molecule has 0 saturated carbocycles. The van der Waals surface area contributed by atoms with Crippen LogP contribution in [-0.4, -0.2) is 45.0 Å². The second kappa shape index (κ2) is 14.4. The van der Waals surface area contributed by atoms with Gasteiger partial charge >= 0.3 is 5.97 Å². The third kappa shape index (κ3) is 8.50. The van der Waals surface area contributed by atoms with Crippen molar-refractivity contribution in [3.05, 3.63) is 114 Å². The molecular formula is C32H33N3O4. The molecule has 0 aliphatic heterocycles. The molecule has 7 nitrogen and oxygen atoms in total. The fraction of sp³-hybridized carbons (Fsp3) is 0.250. The predicted molar refractivity (Wildman–Crippen MR) is 150 cm³/mol. The number of hydrogen-bond donors (Lipinski definition) is 1. The van der Waals surface area contributed by atoms with Crippen LogP contribution in [0.25, 0.3) is 11.1 Å². The number of aliphatic carboxylic acids is 1. The molecule has 0 saturated heterocycles. The molecular weight excluding hydrogens is 490 g/mol. The molecule has 0 fully saturated rings. The number of benzene rings is 2. The first-order valence-corrected chi connectivity index (χ1v) is 13.1. The van der Waals surface area contributed by atoms with Gasteiger partial charge in [0, 0.05) is 61.3 Å². The van der Waals surface area contributed by atoms with Gasteiger partial charge in [0.1, 0.15) is 5.75 Å². The van der Waals surface area contributed by atoms with Crippen molar-refractivity contribution in [3.63, 3.8) is 0 Å². The Morgan fingerprint density at radius 2 is 1.69 bits per heavy atom. The van der Waals surface area contributed by atoms with Crippen molar-refractivity contribution in [2.24, 2.45) is 0 Å². The molecule has 4 aromatic rings. The normalized spacial score (nSPS) is 11.8. The number of amides is 1. The Morgan fingerprint density at radius 3 is 2.44 bits per heavy atom. The number of pyridine rings is 2. The number of carbonyl (C=O) groups is 2. The summed E-state index contributed by atoms with van der Waals surface area (Å²) in [4.78, 5) is 34.6. The second-order valence-corrected chi connectivity index (χ2v) is 9.11. The smallest absolute Gasteiger partial charge is 0.303 e. The fourth-order valence-corrected chi connectivity index (χ4v) is 4.13. The number of para-hydroxylation sites is 1. The molecule has 0 radical (unpaired) electrons. The average Bonchev–Trinajstić information content (AvgIpc) is 3.00. The maximum absolute atomic E-state index is 13.8. The summed E-state index contributed by atoms with van der Waals surface area (Å²) in [7, 11) is 0. The van der Waals surface area contributed by atoms with Gasteiger partial charge in [-0.3, -0.25) is 19.6 Å². The van der Waals surface area contributed by atoms with Crippen LogP contribution in [0, 0.1) is 0 Å². The summed E-state index contributed by atoms with van der Waals surface area (Å²) in [5.74, 6) is -0.508. The predicted octanol–water partition coefficient (Wildman–Crippen LogP) is 6.05. The van der Waals surface area contributed by atoms with E-state index in [-0.39, 0.29) is 12.3 Å². The van der Waals surface area contributed by atoms with Gasteiger partial charge in [-0.05, 0) is 66.8 Å². The van der Waals surface area contributed by atoms with E-state index in [0.717, 1.165) is 23.2 Å². The number of carboxylic acid groups (broad SMARTS) is 1. The van der Waals surface area contributed by atoms with E-state index in [1.54, 1.807) is 41.7 Å². The summed E-state index contributed by atoms with van der Waals surface area (Å²) in [5, 5.41) is 8.82. The van der Waals surface area contributed by atoms with Crippen LogP contribution in [0.3, 0.4) is 0 Å². The minimum Gasteiger partial charge on any atom is -0.493 e. The Kier molecular flexibility index (Phi) is 9.66. The van der Waals surface area contributed by atoms with Crippen molar-refractivity contribution in [1.82, 2.24) is 14.9 Å². The lowest BCUT2D eigenvalue weighted by Crippen LogP contribution is -2.32. The van der Waals surface area contributed by atoms with Gasteiger partial charge in [0.05, 0.1) is 7.98 Å². The summed E-state index contributed by atoms with van der Waals surface area (Å²) in [5.41, 5.74) is 3.83. The van der Waals surface area contributed by atoms with Crippen molar-refractivity contribution >= 4 is 11.9 Å². The highest BCUT2D eigenvalue weighted by Gasteiger charge is 2.18. The maximum Gasteiger partial charge on any atom is 0.303 e. The highest BCUT2D eigenvalue weighted by molar-refractivity contribution is 5.94. The molecule has 1 unspecified atom stereocenters. The molecule has 1 N–H and O–H groups in total. The van der Waals surface area contributed by atoms with E-state index in [4.69, 9.17) is 11.2 Å². The topological polar surface area (TPSA) is 92.6 Å². The molecule has 1 atom stereocenters. The Bertz CT molecular complexity index is 1370. The number of carbonyl (C=O) groups excluding carboxylic acids is 1. The van der Waals surface area contributed by atoms with Crippen LogP contribution in [0.15, 0.2) is 97.5 Å². The van der Waals surface area contributed by atoms with Gasteiger partial charge in [-0.25, -0.2) is 0 Å². The van der Waals surface area contributed by atoms with Crippen LogP contribution in [0.5, 0.6) is 5.75 Å². The van der Waals surface area contributed by atoms with Crippen LogP contribution in [0.1, 0.15) is 48.7 Å². The zero-order valence-electron chi connectivity index (χ0n) is 22.8. The van der Waals surface area contributed by atoms with E-state index in [1.165, 1.54) is 0 Å². The lowest BCUT2D eigenvalue weighted by atomic mass is 10.0. The Balaban J connectivity index is 1.52. The van der Waals surface area contributed by atoms with E-state index in [0.29, 0.717) is 49.3 Å². The molecule has 0 spiro atoms. The van der Waals surface area contributed by atoms with Gasteiger partial charge in [-0.15, -0.1) is 0 Å². The van der Waals surface area contributed by atoms with Gasteiger partial charge in [-0.2, -0.15) is 0 Å². The summed E-state index contributed by atoms with van der Waals surface area (Å²) in [6.07, 6.45) is 7.89. The van der Waals surface area contributed by atoms with Crippen LogP contribution in [-0.2, 0) is 17.7 Å². The first kappa shape index (κ1) is 26.1. The zero-order chi connectivity index (χ0) is 28.2. The molecule has 2 aromatic carbocycles. The molecule has 2 heterocycles. The molecule has 0 aliphatic rings. The lowest BCUT2D eigenvalue weighted by molar-refractivity contribution is -0.137. The lowest BCUT2D eigenvalue weighted by Gasteiger charge is -2.24. The largest absolute Gasteiger partial charge is 0.493 e. The standard InChI is InChI=1S/C32H33N3O4/c36-31(37)13-2-1-7-22-39-30-12-4-3-9-28(30)24-35(21-18-29-11-5-6-20-34-29)32(38)26-16-14-25(15-17-26)27-10-8-19-33-23-27/h3-6,8-12,14-17,19-20,23H,1-2,7,13,18,21-22,24H2,(H,36,37)/i24D. The highest BCUT2D eigenvalue weighted by Crippen LogP contribution is 2.23. The molecule has 2 aromatic heterocycles. The average molecular weight is 525 g/mol. The molecule has 200 valence electrons. The van der Waals surface area contributed by atoms with Crippen molar-refractivity contribution in [2.45, 2.75) is 38.6 Å². The SMILES string of the molecule is [2H]C(c1ccccc1OCCCCCC(=O)O)N(CCc1ccccn1)C(=O)c1ccc(-c2cccnc2)cc1. The Labute approximate surface area is 230 Å². The highest BCUT2D eigenvalue weighted by atomic mass is 16.5. The third-order valence-electron chi connectivity index (χ3n) is 6.23. The van der Waals surface area contributed by atoms with Gasteiger partial charge < -0.3 is 14.7 Å². The zero-order valence-corrected chi connectivity index (χ0v) is 21.8. The summed E-state index contributed by atoms with van der Waals surface area (Å²) >= 11 is 0. The maximum atomic E-state index is 13.8. The molecule has 1 amide bonds. The van der Waals surface area contributed by atoms with Crippen molar-refractivity contribution < 1.29 is 20.8 Å². The Morgan fingerprint density at radius 1 is 0.872 bits per heavy atom. The molecule has 4 rings (SSSR count). The molecule has 0 bridgehead atoms. The van der Waals surface area contributed by atoms with Crippen LogP contribution < -0.4 is 4.74 Å². The summed E-state index contributed by atoms with van der Waals surface area (Å²) in [6.45, 7) is -0.295. The van der Waals surface area contributed by atoms with Crippen LogP contribution in [0.2, 0.25) is 0 Å². The third-order valence-corrected chi connectivity index (χ3v) is 6.23. The Hall–Kier alpha value is -4.52.